The lowest BCUT2D eigenvalue weighted by atomic mass is 9.99. The number of hydrogen-bond acceptors (Lipinski definition) is 8. The highest BCUT2D eigenvalue weighted by molar-refractivity contribution is 5.76. The number of allylic oxidation sites excluding steroid dienone is 17. The molecule has 0 aliphatic carbocycles. The molecule has 0 saturated carbocycles. The van der Waals surface area contributed by atoms with Crippen LogP contribution in [-0.4, -0.2) is 87.5 Å². The van der Waals surface area contributed by atoms with Gasteiger partial charge in [0.25, 0.3) is 0 Å². The average Bonchev–Trinajstić information content (AvgIpc) is 3.38. The number of hydrogen-bond donors (Lipinski definition) is 6. The SMILES string of the molecule is CC/C=C\C/C=C\C/C=C\C/C=C\C/C=C\C/C=C\C/C=C\CCCCCC(=O)NC(COC1OC(CO)C(O)C(O)C1O)C(O)/C=C/CC/C=C/CCCCCCCCCCCCCCCCCCCC. The predicted molar refractivity (Wildman–Crippen MR) is 304 cm³/mol. The summed E-state index contributed by atoms with van der Waals surface area (Å²) < 4.78 is 11.2. The van der Waals surface area contributed by atoms with Crippen LogP contribution in [0.25, 0.3) is 0 Å². The topological polar surface area (TPSA) is 149 Å². The maximum atomic E-state index is 13.0. The maximum Gasteiger partial charge on any atom is 0.220 e. The minimum Gasteiger partial charge on any atom is -0.394 e. The molecular weight excluding hydrogens is 899 g/mol. The Labute approximate surface area is 440 Å². The zero-order valence-corrected chi connectivity index (χ0v) is 45.6. The van der Waals surface area contributed by atoms with Crippen LogP contribution in [0.15, 0.2) is 109 Å². The first kappa shape index (κ1) is 66.9. The average molecular weight is 1010 g/mol. The summed E-state index contributed by atoms with van der Waals surface area (Å²) in [5.74, 6) is -0.222. The van der Waals surface area contributed by atoms with Gasteiger partial charge in [-0.05, 0) is 89.9 Å². The van der Waals surface area contributed by atoms with Gasteiger partial charge >= 0.3 is 0 Å². The van der Waals surface area contributed by atoms with Crippen LogP contribution in [0.5, 0.6) is 0 Å². The molecular formula is C63H107NO8. The molecule has 0 aromatic heterocycles. The van der Waals surface area contributed by atoms with E-state index >= 15 is 0 Å². The highest BCUT2D eigenvalue weighted by Gasteiger charge is 2.44. The molecule has 1 saturated heterocycles. The van der Waals surface area contributed by atoms with Crippen molar-refractivity contribution < 1.29 is 39.8 Å². The molecule has 7 atom stereocenters. The molecule has 1 rings (SSSR count). The molecule has 9 heteroatoms. The number of ether oxygens (including phenoxy) is 2. The molecule has 1 aliphatic rings. The van der Waals surface area contributed by atoms with Gasteiger partial charge in [-0.3, -0.25) is 4.79 Å². The largest absolute Gasteiger partial charge is 0.394 e. The van der Waals surface area contributed by atoms with Crippen LogP contribution in [0.3, 0.4) is 0 Å². The van der Waals surface area contributed by atoms with Crippen molar-refractivity contribution in [1.29, 1.82) is 0 Å². The zero-order valence-electron chi connectivity index (χ0n) is 45.6. The summed E-state index contributed by atoms with van der Waals surface area (Å²) >= 11 is 0. The third-order valence-corrected chi connectivity index (χ3v) is 13.1. The van der Waals surface area contributed by atoms with Gasteiger partial charge in [0.15, 0.2) is 6.29 Å². The van der Waals surface area contributed by atoms with Crippen molar-refractivity contribution in [3.63, 3.8) is 0 Å². The van der Waals surface area contributed by atoms with Gasteiger partial charge < -0.3 is 40.3 Å². The predicted octanol–water partition coefficient (Wildman–Crippen LogP) is 14.6. The van der Waals surface area contributed by atoms with E-state index in [-0.39, 0.29) is 12.5 Å². The molecule has 0 bridgehead atoms. The monoisotopic (exact) mass is 1010 g/mol. The van der Waals surface area contributed by atoms with Crippen molar-refractivity contribution in [2.24, 2.45) is 0 Å². The second kappa shape index (κ2) is 51.3. The van der Waals surface area contributed by atoms with Crippen LogP contribution < -0.4 is 5.32 Å². The van der Waals surface area contributed by atoms with E-state index in [1.165, 1.54) is 116 Å². The fourth-order valence-electron chi connectivity index (χ4n) is 8.51. The molecule has 412 valence electrons. The van der Waals surface area contributed by atoms with Crippen LogP contribution in [-0.2, 0) is 14.3 Å². The van der Waals surface area contributed by atoms with Crippen LogP contribution >= 0.6 is 0 Å². The van der Waals surface area contributed by atoms with E-state index in [4.69, 9.17) is 9.47 Å². The van der Waals surface area contributed by atoms with Gasteiger partial charge in [-0.2, -0.15) is 0 Å². The number of nitrogens with one attached hydrogen (secondary N) is 1. The lowest BCUT2D eigenvalue weighted by Crippen LogP contribution is -2.60. The standard InChI is InChI=1S/C63H107NO8/c1-3-5-7-9-11-13-15-17-19-21-23-25-27-29-31-33-35-37-39-41-43-45-47-49-51-53-59(67)64-56(55-71-63-62(70)61(69)60(68)58(54-65)72-63)57(66)52-50-48-46-44-42-40-38-36-34-32-30-28-26-24-22-20-18-16-14-12-10-8-6-4-2/h5,7,11,13,17,19,23,25,29,31,35,37,41-44,50,52,56-58,60-63,65-66,68-70H,3-4,6,8-10,12,14-16,18,20-22,24,26-28,30,32-34,36,38-40,45-49,51,53-55H2,1-2H3,(H,64,67)/b7-5-,13-11-,19-17-,25-23-,31-29-,37-35-,43-41-,44-42+,52-50+. The summed E-state index contributed by atoms with van der Waals surface area (Å²) in [6.07, 6.45) is 68.7. The lowest BCUT2D eigenvalue weighted by Gasteiger charge is -2.40. The number of amides is 1. The van der Waals surface area contributed by atoms with Gasteiger partial charge in [-0.15, -0.1) is 0 Å². The van der Waals surface area contributed by atoms with Crippen molar-refractivity contribution in [2.75, 3.05) is 13.2 Å². The summed E-state index contributed by atoms with van der Waals surface area (Å²) in [6.45, 7) is 3.63. The molecule has 0 spiro atoms. The van der Waals surface area contributed by atoms with Crippen LogP contribution in [0.2, 0.25) is 0 Å². The number of rotatable bonds is 48. The molecule has 9 nitrogen and oxygen atoms in total. The van der Waals surface area contributed by atoms with Crippen LogP contribution in [0, 0.1) is 0 Å². The number of aliphatic hydroxyl groups excluding tert-OH is 5. The van der Waals surface area contributed by atoms with E-state index in [2.05, 4.69) is 116 Å². The summed E-state index contributed by atoms with van der Waals surface area (Å²) in [4.78, 5) is 13.0. The Bertz CT molecular complexity index is 1490. The maximum absolute atomic E-state index is 13.0. The number of carbonyl (C=O) groups is 1. The Morgan fingerprint density at radius 2 is 0.875 bits per heavy atom. The van der Waals surface area contributed by atoms with E-state index in [1.54, 1.807) is 6.08 Å². The highest BCUT2D eigenvalue weighted by atomic mass is 16.7. The quantitative estimate of drug-likeness (QED) is 0.0261. The first-order valence-electron chi connectivity index (χ1n) is 29.1. The number of unbranched alkanes of at least 4 members (excludes halogenated alkanes) is 22. The molecule has 0 aromatic carbocycles. The molecule has 1 fully saturated rings. The van der Waals surface area contributed by atoms with E-state index in [1.807, 2.05) is 6.08 Å². The Morgan fingerprint density at radius 1 is 0.486 bits per heavy atom. The fraction of sp³-hybridized carbons (Fsp3) is 0.698. The summed E-state index contributed by atoms with van der Waals surface area (Å²) in [7, 11) is 0. The third kappa shape index (κ3) is 40.3. The van der Waals surface area contributed by atoms with Gasteiger partial charge in [0.1, 0.15) is 24.4 Å². The van der Waals surface area contributed by atoms with Crippen LogP contribution in [0.1, 0.15) is 226 Å². The third-order valence-electron chi connectivity index (χ3n) is 13.1. The molecule has 0 radical (unpaired) electrons. The normalized spacial score (nSPS) is 20.0. The van der Waals surface area contributed by atoms with Crippen molar-refractivity contribution in [3.05, 3.63) is 109 Å². The summed E-state index contributed by atoms with van der Waals surface area (Å²) in [6, 6.07) is -0.849. The van der Waals surface area contributed by atoms with Crippen molar-refractivity contribution >= 4 is 5.91 Å². The fourth-order valence-corrected chi connectivity index (χ4v) is 8.51. The Hall–Kier alpha value is -3.15. The Balaban J connectivity index is 2.31. The summed E-state index contributed by atoms with van der Waals surface area (Å²) in [5, 5.41) is 54.5. The van der Waals surface area contributed by atoms with E-state index < -0.39 is 49.5 Å². The van der Waals surface area contributed by atoms with Gasteiger partial charge in [0, 0.05) is 6.42 Å². The van der Waals surface area contributed by atoms with E-state index in [0.717, 1.165) is 83.5 Å². The lowest BCUT2D eigenvalue weighted by molar-refractivity contribution is -0.302. The minimum atomic E-state index is -1.59. The molecule has 1 heterocycles. The Morgan fingerprint density at radius 3 is 1.33 bits per heavy atom. The molecule has 1 amide bonds. The minimum absolute atomic E-state index is 0.221. The Kier molecular flexibility index (Phi) is 47.7. The van der Waals surface area contributed by atoms with Crippen LogP contribution in [0.4, 0.5) is 0 Å². The second-order valence-corrected chi connectivity index (χ2v) is 19.7. The van der Waals surface area contributed by atoms with Gasteiger partial charge in [0.2, 0.25) is 5.91 Å². The molecule has 7 unspecified atom stereocenters. The highest BCUT2D eigenvalue weighted by Crippen LogP contribution is 2.23. The molecule has 72 heavy (non-hydrogen) atoms. The van der Waals surface area contributed by atoms with Crippen molar-refractivity contribution in [3.8, 4) is 0 Å². The molecule has 6 N–H and O–H groups in total. The van der Waals surface area contributed by atoms with E-state index in [0.29, 0.717) is 12.8 Å². The smallest absolute Gasteiger partial charge is 0.220 e. The van der Waals surface area contributed by atoms with Gasteiger partial charge in [0.05, 0.1) is 25.4 Å². The first-order valence-corrected chi connectivity index (χ1v) is 29.1. The van der Waals surface area contributed by atoms with Crippen molar-refractivity contribution in [1.82, 2.24) is 5.32 Å². The second-order valence-electron chi connectivity index (χ2n) is 19.7. The van der Waals surface area contributed by atoms with Crippen molar-refractivity contribution in [2.45, 2.75) is 269 Å². The molecule has 1 aliphatic heterocycles. The number of aliphatic hydroxyl groups is 5. The number of carbonyl (C=O) groups excluding carboxylic acids is 1. The first-order chi connectivity index (χ1) is 35.3. The molecule has 0 aromatic rings. The summed E-state index contributed by atoms with van der Waals surface area (Å²) in [5.41, 5.74) is 0. The van der Waals surface area contributed by atoms with Gasteiger partial charge in [-0.25, -0.2) is 0 Å². The van der Waals surface area contributed by atoms with Gasteiger partial charge in [-0.1, -0.05) is 239 Å². The van der Waals surface area contributed by atoms with E-state index in [9.17, 15) is 30.3 Å². The zero-order chi connectivity index (χ0) is 52.2.